The van der Waals surface area contributed by atoms with Crippen molar-refractivity contribution in [2.75, 3.05) is 0 Å². The van der Waals surface area contributed by atoms with E-state index in [-0.39, 0.29) is 24.1 Å². The van der Waals surface area contributed by atoms with Crippen LogP contribution >= 0.6 is 0 Å². The summed E-state index contributed by atoms with van der Waals surface area (Å²) in [5.41, 5.74) is 1.09. The number of hydrogen-bond acceptors (Lipinski definition) is 4. The van der Waals surface area contributed by atoms with Gasteiger partial charge in [-0.15, -0.1) is 0 Å². The molecule has 5 nitrogen and oxygen atoms in total. The molecular weight excluding hydrogens is 309 g/mol. The molecule has 0 aliphatic rings. The summed E-state index contributed by atoms with van der Waals surface area (Å²) in [6.45, 7) is 0.200. The zero-order valence-electron chi connectivity index (χ0n) is 12.6. The minimum absolute atomic E-state index is 0.0797. The van der Waals surface area contributed by atoms with E-state index in [1.54, 1.807) is 48.8 Å². The minimum Gasteiger partial charge on any atom is -0.436 e. The molecule has 2 aromatic heterocycles. The molecule has 2 heterocycles. The van der Waals surface area contributed by atoms with Gasteiger partial charge in [0.1, 0.15) is 0 Å². The molecule has 0 saturated carbocycles. The van der Waals surface area contributed by atoms with Crippen molar-refractivity contribution in [3.8, 4) is 11.6 Å². The van der Waals surface area contributed by atoms with Crippen LogP contribution in [0.4, 0.5) is 4.39 Å². The van der Waals surface area contributed by atoms with Crippen molar-refractivity contribution in [3.63, 3.8) is 0 Å². The standard InChI is InChI=1S/C18H14FN3O2/c19-15-7-1-2-8-16(15)24-18-14(6-4-10-21-18)12-22-17(23)13-5-3-9-20-11-13/h1-11H,12H2,(H,22,23). The van der Waals surface area contributed by atoms with E-state index in [2.05, 4.69) is 15.3 Å². The summed E-state index contributed by atoms with van der Waals surface area (Å²) in [5, 5.41) is 2.76. The van der Waals surface area contributed by atoms with Crippen LogP contribution in [0.15, 0.2) is 67.1 Å². The van der Waals surface area contributed by atoms with Crippen LogP contribution in [-0.4, -0.2) is 15.9 Å². The third-order valence-electron chi connectivity index (χ3n) is 3.26. The van der Waals surface area contributed by atoms with E-state index >= 15 is 0 Å². The smallest absolute Gasteiger partial charge is 0.253 e. The molecule has 0 unspecified atom stereocenters. The topological polar surface area (TPSA) is 64.1 Å². The van der Waals surface area contributed by atoms with Gasteiger partial charge in [0.2, 0.25) is 5.88 Å². The van der Waals surface area contributed by atoms with E-state index in [9.17, 15) is 9.18 Å². The van der Waals surface area contributed by atoms with Crippen LogP contribution in [0.25, 0.3) is 0 Å². The quantitative estimate of drug-likeness (QED) is 0.782. The molecule has 1 amide bonds. The van der Waals surface area contributed by atoms with Gasteiger partial charge in [0.15, 0.2) is 11.6 Å². The maximum Gasteiger partial charge on any atom is 0.253 e. The molecule has 0 bridgehead atoms. The summed E-state index contributed by atoms with van der Waals surface area (Å²) in [6, 6.07) is 12.9. The maximum absolute atomic E-state index is 13.7. The van der Waals surface area contributed by atoms with Crippen molar-refractivity contribution < 1.29 is 13.9 Å². The molecule has 24 heavy (non-hydrogen) atoms. The van der Waals surface area contributed by atoms with Gasteiger partial charge >= 0.3 is 0 Å². The number of aromatic nitrogens is 2. The van der Waals surface area contributed by atoms with Crippen molar-refractivity contribution in [1.29, 1.82) is 0 Å². The number of halogens is 1. The Hall–Kier alpha value is -3.28. The van der Waals surface area contributed by atoms with Gasteiger partial charge in [-0.2, -0.15) is 0 Å². The van der Waals surface area contributed by atoms with E-state index < -0.39 is 5.82 Å². The number of carbonyl (C=O) groups excluding carboxylic acids is 1. The van der Waals surface area contributed by atoms with Gasteiger partial charge in [-0.1, -0.05) is 18.2 Å². The Balaban J connectivity index is 1.73. The highest BCUT2D eigenvalue weighted by Gasteiger charge is 2.11. The first kappa shape index (κ1) is 15.6. The number of para-hydroxylation sites is 1. The molecule has 0 aliphatic carbocycles. The predicted octanol–water partition coefficient (Wildman–Crippen LogP) is 3.34. The Bertz CT molecular complexity index is 840. The van der Waals surface area contributed by atoms with Crippen LogP contribution in [0.1, 0.15) is 15.9 Å². The summed E-state index contributed by atoms with van der Waals surface area (Å²) in [5.74, 6) is -0.414. The largest absolute Gasteiger partial charge is 0.436 e. The number of pyridine rings is 2. The molecule has 0 radical (unpaired) electrons. The molecule has 1 aromatic carbocycles. The SMILES string of the molecule is O=C(NCc1cccnc1Oc1ccccc1F)c1cccnc1. The maximum atomic E-state index is 13.7. The lowest BCUT2D eigenvalue weighted by Crippen LogP contribution is -2.23. The van der Waals surface area contributed by atoms with Crippen molar-refractivity contribution in [2.45, 2.75) is 6.54 Å². The Morgan fingerprint density at radius 2 is 1.92 bits per heavy atom. The average Bonchev–Trinajstić information content (AvgIpc) is 2.63. The number of ether oxygens (including phenoxy) is 1. The molecule has 1 N–H and O–H groups in total. The van der Waals surface area contributed by atoms with Crippen molar-refractivity contribution in [2.24, 2.45) is 0 Å². The zero-order chi connectivity index (χ0) is 16.8. The highest BCUT2D eigenvalue weighted by Crippen LogP contribution is 2.25. The monoisotopic (exact) mass is 323 g/mol. The minimum atomic E-state index is -0.478. The van der Waals surface area contributed by atoms with E-state index in [0.29, 0.717) is 11.1 Å². The highest BCUT2D eigenvalue weighted by atomic mass is 19.1. The second kappa shape index (κ2) is 7.32. The number of benzene rings is 1. The number of nitrogens with zero attached hydrogens (tertiary/aromatic N) is 2. The zero-order valence-corrected chi connectivity index (χ0v) is 12.6. The first-order valence-corrected chi connectivity index (χ1v) is 7.28. The predicted molar refractivity (Wildman–Crippen MR) is 86.1 cm³/mol. The lowest BCUT2D eigenvalue weighted by atomic mass is 10.2. The molecule has 0 atom stereocenters. The number of rotatable bonds is 5. The van der Waals surface area contributed by atoms with Crippen LogP contribution < -0.4 is 10.1 Å². The first-order chi connectivity index (χ1) is 11.7. The van der Waals surface area contributed by atoms with Crippen LogP contribution in [0, 0.1) is 5.82 Å². The van der Waals surface area contributed by atoms with E-state index in [1.165, 1.54) is 18.3 Å². The Kier molecular flexibility index (Phi) is 4.76. The third kappa shape index (κ3) is 3.73. The summed E-state index contributed by atoms with van der Waals surface area (Å²) in [4.78, 5) is 20.1. The normalized spacial score (nSPS) is 10.2. The molecule has 3 aromatic rings. The molecule has 0 fully saturated rings. The fraction of sp³-hybridized carbons (Fsp3) is 0.0556. The second-order valence-corrected chi connectivity index (χ2v) is 4.92. The third-order valence-corrected chi connectivity index (χ3v) is 3.26. The molecule has 0 aliphatic heterocycles. The summed E-state index contributed by atoms with van der Waals surface area (Å²) in [7, 11) is 0. The number of hydrogen-bond donors (Lipinski definition) is 1. The fourth-order valence-corrected chi connectivity index (χ4v) is 2.06. The van der Waals surface area contributed by atoms with Crippen molar-refractivity contribution >= 4 is 5.91 Å². The van der Waals surface area contributed by atoms with Crippen molar-refractivity contribution in [1.82, 2.24) is 15.3 Å². The van der Waals surface area contributed by atoms with E-state index in [0.717, 1.165) is 0 Å². The lowest BCUT2D eigenvalue weighted by molar-refractivity contribution is 0.0950. The highest BCUT2D eigenvalue weighted by molar-refractivity contribution is 5.93. The van der Waals surface area contributed by atoms with Crippen LogP contribution in [0.5, 0.6) is 11.6 Å². The molecule has 120 valence electrons. The number of amides is 1. The first-order valence-electron chi connectivity index (χ1n) is 7.28. The van der Waals surface area contributed by atoms with Gasteiger partial charge in [0.05, 0.1) is 5.56 Å². The van der Waals surface area contributed by atoms with Crippen LogP contribution in [0.3, 0.4) is 0 Å². The van der Waals surface area contributed by atoms with Gasteiger partial charge < -0.3 is 10.1 Å². The summed E-state index contributed by atoms with van der Waals surface area (Å²) >= 11 is 0. The van der Waals surface area contributed by atoms with Gasteiger partial charge in [0.25, 0.3) is 5.91 Å². The molecule has 6 heteroatoms. The molecular formula is C18H14FN3O2. The number of nitrogens with one attached hydrogen (secondary N) is 1. The summed E-state index contributed by atoms with van der Waals surface area (Å²) < 4.78 is 19.2. The number of carbonyl (C=O) groups is 1. The summed E-state index contributed by atoms with van der Waals surface area (Å²) in [6.07, 6.45) is 4.62. The molecule has 0 saturated heterocycles. The molecule has 0 spiro atoms. The van der Waals surface area contributed by atoms with Gasteiger partial charge in [-0.25, -0.2) is 9.37 Å². The van der Waals surface area contributed by atoms with Gasteiger partial charge in [-0.3, -0.25) is 9.78 Å². The fourth-order valence-electron chi connectivity index (χ4n) is 2.06. The van der Waals surface area contributed by atoms with Gasteiger partial charge in [0, 0.05) is 30.7 Å². The van der Waals surface area contributed by atoms with Gasteiger partial charge in [-0.05, 0) is 30.3 Å². The second-order valence-electron chi connectivity index (χ2n) is 4.92. The Morgan fingerprint density at radius 1 is 1.08 bits per heavy atom. The van der Waals surface area contributed by atoms with Crippen LogP contribution in [0.2, 0.25) is 0 Å². The molecule has 3 rings (SSSR count). The van der Waals surface area contributed by atoms with Crippen LogP contribution in [-0.2, 0) is 6.54 Å². The van der Waals surface area contributed by atoms with E-state index in [4.69, 9.17) is 4.74 Å². The van der Waals surface area contributed by atoms with Crippen molar-refractivity contribution in [3.05, 3.63) is 84.1 Å². The average molecular weight is 323 g/mol. The Labute approximate surface area is 138 Å². The lowest BCUT2D eigenvalue weighted by Gasteiger charge is -2.11. The Morgan fingerprint density at radius 3 is 2.71 bits per heavy atom. The van der Waals surface area contributed by atoms with E-state index in [1.807, 2.05) is 0 Å².